The molecule has 1 N–H and O–H groups in total. The molecule has 1 fully saturated rings. The van der Waals surface area contributed by atoms with Gasteiger partial charge in [-0.2, -0.15) is 0 Å². The number of likely N-dealkylation sites (tertiary alicyclic amines) is 1. The highest BCUT2D eigenvalue weighted by atomic mass is 16.2. The Morgan fingerprint density at radius 2 is 2.04 bits per heavy atom. The lowest BCUT2D eigenvalue weighted by molar-refractivity contribution is -0.126. The topological polar surface area (TPSA) is 62.3 Å². The summed E-state index contributed by atoms with van der Waals surface area (Å²) >= 11 is 0. The first-order valence-corrected chi connectivity index (χ1v) is 9.39. The van der Waals surface area contributed by atoms with Crippen molar-refractivity contribution in [1.29, 1.82) is 0 Å². The van der Waals surface area contributed by atoms with Crippen LogP contribution in [0.4, 0.5) is 0 Å². The van der Waals surface area contributed by atoms with E-state index in [-0.39, 0.29) is 17.7 Å². The fourth-order valence-corrected chi connectivity index (χ4v) is 3.67. The highest BCUT2D eigenvalue weighted by Crippen LogP contribution is 2.21. The lowest BCUT2D eigenvalue weighted by Gasteiger charge is -2.32. The van der Waals surface area contributed by atoms with E-state index in [4.69, 9.17) is 0 Å². The van der Waals surface area contributed by atoms with Crippen molar-refractivity contribution in [1.82, 2.24) is 15.2 Å². The summed E-state index contributed by atoms with van der Waals surface area (Å²) in [4.78, 5) is 30.8. The van der Waals surface area contributed by atoms with Crippen LogP contribution < -0.4 is 5.32 Å². The molecule has 2 heterocycles. The van der Waals surface area contributed by atoms with E-state index in [2.05, 4.69) is 16.4 Å². The van der Waals surface area contributed by atoms with Crippen LogP contribution in [-0.2, 0) is 4.79 Å². The molecule has 0 saturated carbocycles. The highest BCUT2D eigenvalue weighted by Gasteiger charge is 2.28. The Balaban J connectivity index is 1.48. The number of rotatable bonds is 5. The van der Waals surface area contributed by atoms with Crippen molar-refractivity contribution in [3.63, 3.8) is 0 Å². The molecule has 1 saturated heterocycles. The normalized spacial score (nSPS) is 20.7. The number of carbonyl (C=O) groups is 2. The Morgan fingerprint density at radius 3 is 2.80 bits per heavy atom. The van der Waals surface area contributed by atoms with Gasteiger partial charge in [-0.25, -0.2) is 0 Å². The minimum Gasteiger partial charge on any atom is -0.355 e. The van der Waals surface area contributed by atoms with E-state index in [9.17, 15) is 9.59 Å². The molecule has 2 aliphatic rings. The van der Waals surface area contributed by atoms with Gasteiger partial charge in [0, 0.05) is 37.6 Å². The molecule has 0 spiro atoms. The molecular weight excluding hydrogens is 314 g/mol. The third-order valence-corrected chi connectivity index (χ3v) is 5.14. The molecule has 3 rings (SSSR count). The van der Waals surface area contributed by atoms with E-state index in [0.29, 0.717) is 18.7 Å². The first kappa shape index (κ1) is 17.6. The molecular formula is C20H27N3O2. The predicted molar refractivity (Wildman–Crippen MR) is 97.0 cm³/mol. The van der Waals surface area contributed by atoms with Gasteiger partial charge >= 0.3 is 0 Å². The number of amides is 2. The van der Waals surface area contributed by atoms with Gasteiger partial charge in [0.15, 0.2) is 0 Å². The zero-order chi connectivity index (χ0) is 17.5. The van der Waals surface area contributed by atoms with Gasteiger partial charge in [0.05, 0.1) is 5.92 Å². The third kappa shape index (κ3) is 4.91. The lowest BCUT2D eigenvalue weighted by atomic mass is 9.95. The Morgan fingerprint density at radius 1 is 1.20 bits per heavy atom. The second-order valence-corrected chi connectivity index (χ2v) is 6.98. The van der Waals surface area contributed by atoms with Crippen LogP contribution >= 0.6 is 0 Å². The van der Waals surface area contributed by atoms with Crippen LogP contribution in [0.5, 0.6) is 0 Å². The monoisotopic (exact) mass is 341 g/mol. The van der Waals surface area contributed by atoms with Crippen LogP contribution in [-0.4, -0.2) is 41.3 Å². The van der Waals surface area contributed by atoms with Crippen molar-refractivity contribution in [3.05, 3.63) is 41.7 Å². The molecule has 1 aliphatic carbocycles. The second-order valence-electron chi connectivity index (χ2n) is 6.98. The molecule has 1 unspecified atom stereocenters. The molecule has 0 aromatic carbocycles. The van der Waals surface area contributed by atoms with Crippen LogP contribution in [0.3, 0.4) is 0 Å². The van der Waals surface area contributed by atoms with Gasteiger partial charge in [0.1, 0.15) is 0 Å². The largest absolute Gasteiger partial charge is 0.355 e. The summed E-state index contributed by atoms with van der Waals surface area (Å²) < 4.78 is 0. The van der Waals surface area contributed by atoms with E-state index in [1.54, 1.807) is 29.4 Å². The first-order valence-electron chi connectivity index (χ1n) is 9.39. The van der Waals surface area contributed by atoms with E-state index in [1.807, 2.05) is 0 Å². The quantitative estimate of drug-likeness (QED) is 0.838. The Hall–Kier alpha value is -2.17. The van der Waals surface area contributed by atoms with Gasteiger partial charge < -0.3 is 10.2 Å². The summed E-state index contributed by atoms with van der Waals surface area (Å²) in [6.45, 7) is 1.94. The number of hydrogen-bond donors (Lipinski definition) is 1. The van der Waals surface area contributed by atoms with Gasteiger partial charge in [-0.15, -0.1) is 0 Å². The van der Waals surface area contributed by atoms with Crippen LogP contribution in [0.25, 0.3) is 0 Å². The number of allylic oxidation sites excluding steroid dienone is 1. The predicted octanol–water partition coefficient (Wildman–Crippen LogP) is 2.94. The smallest absolute Gasteiger partial charge is 0.253 e. The van der Waals surface area contributed by atoms with E-state index in [1.165, 1.54) is 31.3 Å². The number of nitrogens with one attached hydrogen (secondary N) is 1. The zero-order valence-electron chi connectivity index (χ0n) is 14.7. The summed E-state index contributed by atoms with van der Waals surface area (Å²) in [7, 11) is 0. The molecule has 0 bridgehead atoms. The number of piperidine rings is 1. The number of aromatic nitrogens is 1. The molecule has 134 valence electrons. The molecule has 25 heavy (non-hydrogen) atoms. The average molecular weight is 341 g/mol. The number of hydrogen-bond acceptors (Lipinski definition) is 3. The first-order chi connectivity index (χ1) is 12.2. The van der Waals surface area contributed by atoms with Crippen molar-refractivity contribution in [3.8, 4) is 0 Å². The number of nitrogens with zero attached hydrogens (tertiary/aromatic N) is 2. The fraction of sp³-hybridized carbons (Fsp3) is 0.550. The summed E-state index contributed by atoms with van der Waals surface area (Å²) in [5.41, 5.74) is 2.12. The van der Waals surface area contributed by atoms with E-state index < -0.39 is 0 Å². The number of pyridine rings is 1. The summed E-state index contributed by atoms with van der Waals surface area (Å²) in [6.07, 6.45) is 13.2. The van der Waals surface area contributed by atoms with E-state index >= 15 is 0 Å². The van der Waals surface area contributed by atoms with Crippen molar-refractivity contribution < 1.29 is 9.59 Å². The second kappa shape index (κ2) is 8.79. The minimum atomic E-state index is -0.0973. The van der Waals surface area contributed by atoms with Crippen LogP contribution in [0.1, 0.15) is 55.3 Å². The van der Waals surface area contributed by atoms with Crippen LogP contribution in [0.15, 0.2) is 36.2 Å². The van der Waals surface area contributed by atoms with Gasteiger partial charge in [-0.3, -0.25) is 14.6 Å². The Kier molecular flexibility index (Phi) is 6.20. The maximum Gasteiger partial charge on any atom is 0.253 e. The van der Waals surface area contributed by atoms with Gasteiger partial charge in [0.2, 0.25) is 5.91 Å². The molecule has 5 nitrogen and oxygen atoms in total. The van der Waals surface area contributed by atoms with Crippen LogP contribution in [0.2, 0.25) is 0 Å². The van der Waals surface area contributed by atoms with Gasteiger partial charge in [-0.05, 0) is 57.1 Å². The van der Waals surface area contributed by atoms with Crippen molar-refractivity contribution in [2.24, 2.45) is 5.92 Å². The molecule has 2 amide bonds. The van der Waals surface area contributed by atoms with Crippen molar-refractivity contribution in [2.45, 2.75) is 44.9 Å². The van der Waals surface area contributed by atoms with Crippen molar-refractivity contribution >= 4 is 11.8 Å². The molecule has 1 atom stereocenters. The zero-order valence-corrected chi connectivity index (χ0v) is 14.7. The third-order valence-electron chi connectivity index (χ3n) is 5.14. The number of carbonyl (C=O) groups excluding carboxylic acids is 2. The van der Waals surface area contributed by atoms with Gasteiger partial charge in [0.25, 0.3) is 5.91 Å². The minimum absolute atomic E-state index is 0.00717. The molecule has 5 heteroatoms. The highest BCUT2D eigenvalue weighted by molar-refractivity contribution is 5.94. The summed E-state index contributed by atoms with van der Waals surface area (Å²) in [5, 5.41) is 3.07. The summed E-state index contributed by atoms with van der Waals surface area (Å²) in [5.74, 6) is -0.0178. The molecule has 1 aliphatic heterocycles. The van der Waals surface area contributed by atoms with E-state index in [0.717, 1.165) is 25.8 Å². The fourth-order valence-electron chi connectivity index (χ4n) is 3.67. The average Bonchev–Trinajstić information content (AvgIpc) is 2.69. The Labute approximate surface area is 149 Å². The summed E-state index contributed by atoms with van der Waals surface area (Å²) in [6, 6.07) is 3.45. The Bertz CT molecular complexity index is 627. The molecule has 1 aromatic heterocycles. The van der Waals surface area contributed by atoms with Gasteiger partial charge in [-0.1, -0.05) is 11.6 Å². The maximum absolute atomic E-state index is 12.5. The molecule has 0 radical (unpaired) electrons. The SMILES string of the molecule is O=C(NCCC1=CCCCC1)C1CCCN(C(=O)c2ccncc2)C1. The van der Waals surface area contributed by atoms with Crippen LogP contribution in [0, 0.1) is 5.92 Å². The maximum atomic E-state index is 12.5. The lowest BCUT2D eigenvalue weighted by Crippen LogP contribution is -2.45. The molecule has 1 aromatic rings. The standard InChI is InChI=1S/C20H27N3O2/c24-19(22-13-8-16-5-2-1-3-6-16)18-7-4-14-23(15-18)20(25)17-9-11-21-12-10-17/h5,9-12,18H,1-4,6-8,13-15H2,(H,22,24). The van der Waals surface area contributed by atoms with Crippen molar-refractivity contribution in [2.75, 3.05) is 19.6 Å².